The lowest BCUT2D eigenvalue weighted by Crippen LogP contribution is -2.49. The lowest BCUT2D eigenvalue weighted by molar-refractivity contribution is 0.0862. The Morgan fingerprint density at radius 2 is 1.95 bits per heavy atom. The van der Waals surface area contributed by atoms with Gasteiger partial charge in [0.1, 0.15) is 0 Å². The van der Waals surface area contributed by atoms with Gasteiger partial charge in [-0.25, -0.2) is 4.79 Å². The van der Waals surface area contributed by atoms with Crippen LogP contribution in [0.5, 0.6) is 0 Å². The topological polar surface area (TPSA) is 69.8 Å². The first-order valence-electron chi connectivity index (χ1n) is 8.19. The Hall–Kier alpha value is -1.59. The van der Waals surface area contributed by atoms with E-state index >= 15 is 0 Å². The molecule has 0 aromatic heterocycles. The summed E-state index contributed by atoms with van der Waals surface area (Å²) in [6.07, 6.45) is 2.04. The predicted octanol–water partition coefficient (Wildman–Crippen LogP) is 1.95. The Balaban J connectivity index is 1.62. The van der Waals surface area contributed by atoms with Gasteiger partial charge < -0.3 is 20.6 Å². The summed E-state index contributed by atoms with van der Waals surface area (Å²) < 4.78 is 0. The number of amides is 1. The van der Waals surface area contributed by atoms with Crippen molar-refractivity contribution >= 4 is 6.09 Å². The molecule has 120 valence electrons. The molecule has 1 heterocycles. The SMILES string of the molecule is NCCN1CCC(N(C(=O)O)[C@@H]2C[C@H]2c2ccccc2)CC1. The zero-order valence-electron chi connectivity index (χ0n) is 12.9. The van der Waals surface area contributed by atoms with E-state index in [0.29, 0.717) is 12.5 Å². The second-order valence-electron chi connectivity index (χ2n) is 6.37. The summed E-state index contributed by atoms with van der Waals surface area (Å²) in [6.45, 7) is 3.49. The Kier molecular flexibility index (Phi) is 4.64. The second-order valence-corrected chi connectivity index (χ2v) is 6.37. The quantitative estimate of drug-likeness (QED) is 0.872. The van der Waals surface area contributed by atoms with Crippen LogP contribution in [-0.2, 0) is 0 Å². The highest BCUT2D eigenvalue weighted by atomic mass is 16.4. The molecule has 2 aliphatic rings. The average Bonchev–Trinajstić information content (AvgIpc) is 3.30. The molecule has 3 N–H and O–H groups in total. The highest BCUT2D eigenvalue weighted by Crippen LogP contribution is 2.46. The van der Waals surface area contributed by atoms with Gasteiger partial charge in [-0.05, 0) is 24.8 Å². The summed E-state index contributed by atoms with van der Waals surface area (Å²) in [5, 5.41) is 9.66. The average molecular weight is 303 g/mol. The van der Waals surface area contributed by atoms with Gasteiger partial charge in [0, 0.05) is 44.2 Å². The second kappa shape index (κ2) is 6.67. The minimum absolute atomic E-state index is 0.158. The molecule has 1 saturated heterocycles. The van der Waals surface area contributed by atoms with Crippen LogP contribution in [0.25, 0.3) is 0 Å². The molecule has 1 aliphatic heterocycles. The van der Waals surface area contributed by atoms with Crippen LogP contribution in [-0.4, -0.2) is 59.3 Å². The largest absolute Gasteiger partial charge is 0.465 e. The highest BCUT2D eigenvalue weighted by Gasteiger charge is 2.47. The van der Waals surface area contributed by atoms with Crippen LogP contribution in [0.2, 0.25) is 0 Å². The number of hydrogen-bond acceptors (Lipinski definition) is 3. The van der Waals surface area contributed by atoms with Crippen LogP contribution in [0.3, 0.4) is 0 Å². The lowest BCUT2D eigenvalue weighted by atomic mass is 10.0. The summed E-state index contributed by atoms with van der Waals surface area (Å²) in [4.78, 5) is 15.8. The van der Waals surface area contributed by atoms with E-state index in [4.69, 9.17) is 5.73 Å². The number of rotatable bonds is 5. The van der Waals surface area contributed by atoms with Crippen molar-refractivity contribution in [3.63, 3.8) is 0 Å². The zero-order chi connectivity index (χ0) is 15.5. The highest BCUT2D eigenvalue weighted by molar-refractivity contribution is 5.67. The van der Waals surface area contributed by atoms with Crippen LogP contribution >= 0.6 is 0 Å². The van der Waals surface area contributed by atoms with E-state index in [0.717, 1.165) is 38.9 Å². The van der Waals surface area contributed by atoms with E-state index in [9.17, 15) is 9.90 Å². The van der Waals surface area contributed by atoms with Crippen LogP contribution < -0.4 is 5.73 Å². The van der Waals surface area contributed by atoms with Crippen LogP contribution in [0.4, 0.5) is 4.79 Å². The molecule has 3 rings (SSSR count). The molecule has 1 aliphatic carbocycles. The third-order valence-corrected chi connectivity index (χ3v) is 4.96. The van der Waals surface area contributed by atoms with E-state index in [1.54, 1.807) is 4.90 Å². The molecule has 2 fully saturated rings. The van der Waals surface area contributed by atoms with E-state index < -0.39 is 6.09 Å². The maximum Gasteiger partial charge on any atom is 0.407 e. The first-order valence-corrected chi connectivity index (χ1v) is 8.19. The van der Waals surface area contributed by atoms with Crippen molar-refractivity contribution in [2.75, 3.05) is 26.2 Å². The molecule has 0 radical (unpaired) electrons. The van der Waals surface area contributed by atoms with Crippen molar-refractivity contribution in [3.8, 4) is 0 Å². The fraction of sp³-hybridized carbons (Fsp3) is 0.588. The Labute approximate surface area is 131 Å². The predicted molar refractivity (Wildman–Crippen MR) is 86.0 cm³/mol. The molecule has 5 heteroatoms. The molecule has 1 saturated carbocycles. The molecule has 0 unspecified atom stereocenters. The summed E-state index contributed by atoms with van der Waals surface area (Å²) in [6, 6.07) is 10.6. The number of nitrogens with two attached hydrogens (primary N) is 1. The molecule has 1 aromatic carbocycles. The zero-order valence-corrected chi connectivity index (χ0v) is 12.9. The van der Waals surface area contributed by atoms with Gasteiger partial charge in [-0.15, -0.1) is 0 Å². The van der Waals surface area contributed by atoms with Crippen LogP contribution in [0.1, 0.15) is 30.7 Å². The number of likely N-dealkylation sites (tertiary alicyclic amines) is 1. The maximum atomic E-state index is 11.8. The standard InChI is InChI=1S/C17H25N3O2/c18-8-11-19-9-6-14(7-10-19)20(17(21)22)16-12-15(16)13-4-2-1-3-5-13/h1-5,14-16H,6-12,18H2,(H,21,22)/t15-,16+/m0/s1. The maximum absolute atomic E-state index is 11.8. The number of benzene rings is 1. The van der Waals surface area contributed by atoms with Crippen molar-refractivity contribution in [1.82, 2.24) is 9.80 Å². The van der Waals surface area contributed by atoms with Gasteiger partial charge >= 0.3 is 6.09 Å². The van der Waals surface area contributed by atoms with E-state index in [1.807, 2.05) is 18.2 Å². The van der Waals surface area contributed by atoms with Crippen LogP contribution in [0, 0.1) is 0 Å². The smallest absolute Gasteiger partial charge is 0.407 e. The molecule has 0 bridgehead atoms. The Morgan fingerprint density at radius 3 is 2.55 bits per heavy atom. The van der Waals surface area contributed by atoms with Crippen LogP contribution in [0.15, 0.2) is 30.3 Å². The first-order chi connectivity index (χ1) is 10.7. The van der Waals surface area contributed by atoms with Gasteiger partial charge in [0.05, 0.1) is 0 Å². The van der Waals surface area contributed by atoms with E-state index in [-0.39, 0.29) is 12.1 Å². The summed E-state index contributed by atoms with van der Waals surface area (Å²) in [5.41, 5.74) is 6.86. The Bertz CT molecular complexity index is 500. The van der Waals surface area contributed by atoms with Gasteiger partial charge in [-0.1, -0.05) is 30.3 Å². The number of carbonyl (C=O) groups is 1. The number of piperidine rings is 1. The van der Waals surface area contributed by atoms with E-state index in [1.165, 1.54) is 5.56 Å². The number of nitrogens with zero attached hydrogens (tertiary/aromatic N) is 2. The Morgan fingerprint density at radius 1 is 1.27 bits per heavy atom. The summed E-state index contributed by atoms with van der Waals surface area (Å²) in [5.74, 6) is 0.374. The van der Waals surface area contributed by atoms with Gasteiger partial charge in [-0.3, -0.25) is 0 Å². The van der Waals surface area contributed by atoms with Crippen molar-refractivity contribution < 1.29 is 9.90 Å². The monoisotopic (exact) mass is 303 g/mol. The molecule has 22 heavy (non-hydrogen) atoms. The summed E-state index contributed by atoms with van der Waals surface area (Å²) >= 11 is 0. The number of carboxylic acid groups (broad SMARTS) is 1. The van der Waals surface area contributed by atoms with Crippen molar-refractivity contribution in [2.24, 2.45) is 5.73 Å². The van der Waals surface area contributed by atoms with Gasteiger partial charge in [0.2, 0.25) is 0 Å². The fourth-order valence-corrected chi connectivity index (χ4v) is 3.72. The molecule has 0 spiro atoms. The number of hydrogen-bond donors (Lipinski definition) is 2. The van der Waals surface area contributed by atoms with Gasteiger partial charge in [0.15, 0.2) is 0 Å². The molecule has 5 nitrogen and oxygen atoms in total. The first kappa shape index (κ1) is 15.3. The van der Waals surface area contributed by atoms with E-state index in [2.05, 4.69) is 17.0 Å². The summed E-state index contributed by atoms with van der Waals surface area (Å²) in [7, 11) is 0. The van der Waals surface area contributed by atoms with Gasteiger partial charge in [-0.2, -0.15) is 0 Å². The molecule has 1 aromatic rings. The normalized spacial score (nSPS) is 25.9. The molecule has 2 atom stereocenters. The lowest BCUT2D eigenvalue weighted by Gasteiger charge is -2.37. The molecule has 1 amide bonds. The van der Waals surface area contributed by atoms with Crippen molar-refractivity contribution in [2.45, 2.75) is 37.3 Å². The minimum atomic E-state index is -0.763. The molecular formula is C17H25N3O2. The fourth-order valence-electron chi connectivity index (χ4n) is 3.72. The molecular weight excluding hydrogens is 278 g/mol. The minimum Gasteiger partial charge on any atom is -0.465 e. The van der Waals surface area contributed by atoms with Crippen molar-refractivity contribution in [1.29, 1.82) is 0 Å². The third-order valence-electron chi connectivity index (χ3n) is 4.96. The third kappa shape index (κ3) is 3.25. The van der Waals surface area contributed by atoms with Gasteiger partial charge in [0.25, 0.3) is 0 Å². The van der Waals surface area contributed by atoms with Crippen molar-refractivity contribution in [3.05, 3.63) is 35.9 Å².